The van der Waals surface area contributed by atoms with Crippen molar-refractivity contribution in [2.24, 2.45) is 0 Å². The lowest BCUT2D eigenvalue weighted by Crippen LogP contribution is -2.44. The Morgan fingerprint density at radius 1 is 1.10 bits per heavy atom. The van der Waals surface area contributed by atoms with E-state index >= 15 is 0 Å². The summed E-state index contributed by atoms with van der Waals surface area (Å²) in [6, 6.07) is 14.1. The van der Waals surface area contributed by atoms with E-state index in [2.05, 4.69) is 10.3 Å². The molecule has 0 spiro atoms. The van der Waals surface area contributed by atoms with Crippen molar-refractivity contribution in [2.75, 3.05) is 0 Å². The predicted octanol–water partition coefficient (Wildman–Crippen LogP) is 3.47. The Morgan fingerprint density at radius 3 is 2.48 bits per heavy atom. The number of aromatic nitrogens is 1. The van der Waals surface area contributed by atoms with Gasteiger partial charge in [-0.05, 0) is 49.7 Å². The number of halogens is 1. The molecule has 3 aromatic rings. The molecule has 1 heterocycles. The number of carbonyl (C=O) groups excluding carboxylic acids is 2. The van der Waals surface area contributed by atoms with Crippen molar-refractivity contribution in [3.8, 4) is 0 Å². The molecule has 7 heteroatoms. The van der Waals surface area contributed by atoms with Crippen molar-refractivity contribution in [3.05, 3.63) is 81.1 Å². The number of hydrogen-bond donors (Lipinski definition) is 2. The maximum absolute atomic E-state index is 12.7. The van der Waals surface area contributed by atoms with E-state index in [0.717, 1.165) is 5.39 Å². The molecule has 0 bridgehead atoms. The molecule has 2 aromatic carbocycles. The number of nitrogens with one attached hydrogen (secondary N) is 2. The third kappa shape index (κ3) is 5.23. The summed E-state index contributed by atoms with van der Waals surface area (Å²) in [5.41, 5.74) is 1.40. The normalized spacial score (nSPS) is 12.0. The fraction of sp³-hybridized carbons (Fsp3) is 0.227. The number of para-hydroxylation sites is 1. The maximum atomic E-state index is 12.7. The molecule has 0 aliphatic heterocycles. The minimum absolute atomic E-state index is 0.120. The van der Waals surface area contributed by atoms with Crippen molar-refractivity contribution in [1.82, 2.24) is 10.3 Å². The number of hydrogen-bond acceptors (Lipinski definition) is 4. The third-order valence-electron chi connectivity index (χ3n) is 4.31. The lowest BCUT2D eigenvalue weighted by molar-refractivity contribution is -0.149. The average molecular weight is 413 g/mol. The van der Waals surface area contributed by atoms with Crippen LogP contribution in [-0.2, 0) is 16.0 Å². The fourth-order valence-corrected chi connectivity index (χ4v) is 3.14. The van der Waals surface area contributed by atoms with E-state index < -0.39 is 17.9 Å². The Kier molecular flexibility index (Phi) is 6.34. The molecule has 29 heavy (non-hydrogen) atoms. The monoisotopic (exact) mass is 412 g/mol. The van der Waals surface area contributed by atoms with Crippen molar-refractivity contribution in [2.45, 2.75) is 32.4 Å². The zero-order valence-electron chi connectivity index (χ0n) is 16.1. The Bertz CT molecular complexity index is 1090. The first-order chi connectivity index (χ1) is 13.8. The van der Waals surface area contributed by atoms with Gasteiger partial charge in [-0.2, -0.15) is 0 Å². The van der Waals surface area contributed by atoms with E-state index in [-0.39, 0.29) is 18.1 Å². The molecular formula is C22H21ClN2O4. The lowest BCUT2D eigenvalue weighted by Gasteiger charge is -2.20. The van der Waals surface area contributed by atoms with Gasteiger partial charge < -0.3 is 15.0 Å². The molecular weight excluding hydrogens is 392 g/mol. The second-order valence-corrected chi connectivity index (χ2v) is 7.36. The Morgan fingerprint density at radius 2 is 1.79 bits per heavy atom. The summed E-state index contributed by atoms with van der Waals surface area (Å²) in [5.74, 6) is -0.992. The quantitative estimate of drug-likeness (QED) is 0.607. The number of aromatic amines is 1. The van der Waals surface area contributed by atoms with Crippen LogP contribution in [0.25, 0.3) is 10.9 Å². The number of ether oxygens (including phenoxy) is 1. The minimum atomic E-state index is -0.953. The van der Waals surface area contributed by atoms with Gasteiger partial charge in [0.25, 0.3) is 5.91 Å². The SMILES string of the molecule is CC(C)OC(=O)C(Cc1cc(=O)[nH]c2ccccc12)NC(=O)c1ccc(Cl)cc1. The molecule has 0 radical (unpaired) electrons. The van der Waals surface area contributed by atoms with Crippen molar-refractivity contribution >= 4 is 34.4 Å². The molecule has 150 valence electrons. The first-order valence-electron chi connectivity index (χ1n) is 9.21. The van der Waals surface area contributed by atoms with Crippen LogP contribution in [0.1, 0.15) is 29.8 Å². The standard InChI is InChI=1S/C22H21ClN2O4/c1-13(2)29-22(28)19(25-21(27)14-7-9-16(23)10-8-14)11-15-12-20(26)24-18-6-4-3-5-17(15)18/h3-10,12-13,19H,11H2,1-2H3,(H,24,26)(H,25,27). The first-order valence-corrected chi connectivity index (χ1v) is 9.59. The van der Waals surface area contributed by atoms with Gasteiger partial charge in [0.05, 0.1) is 6.10 Å². The van der Waals surface area contributed by atoms with Crippen LogP contribution in [0.2, 0.25) is 5.02 Å². The van der Waals surface area contributed by atoms with Crippen LogP contribution in [0.3, 0.4) is 0 Å². The molecule has 0 fully saturated rings. The number of H-pyrrole nitrogens is 1. The molecule has 0 aliphatic rings. The first kappa shape index (κ1) is 20.6. The lowest BCUT2D eigenvalue weighted by atomic mass is 10.0. The highest BCUT2D eigenvalue weighted by Crippen LogP contribution is 2.17. The number of carbonyl (C=O) groups is 2. The molecule has 3 rings (SSSR count). The van der Waals surface area contributed by atoms with Gasteiger partial charge in [-0.25, -0.2) is 4.79 Å². The van der Waals surface area contributed by atoms with Crippen LogP contribution in [0, 0.1) is 0 Å². The summed E-state index contributed by atoms with van der Waals surface area (Å²) < 4.78 is 5.32. The van der Waals surface area contributed by atoms with Gasteiger partial charge in [-0.1, -0.05) is 29.8 Å². The summed E-state index contributed by atoms with van der Waals surface area (Å²) in [7, 11) is 0. The van der Waals surface area contributed by atoms with E-state index in [1.165, 1.54) is 6.07 Å². The molecule has 1 aromatic heterocycles. The van der Waals surface area contributed by atoms with E-state index in [4.69, 9.17) is 16.3 Å². The largest absolute Gasteiger partial charge is 0.461 e. The summed E-state index contributed by atoms with van der Waals surface area (Å²) in [6.07, 6.45) is -0.219. The molecule has 6 nitrogen and oxygen atoms in total. The topological polar surface area (TPSA) is 88.3 Å². The van der Waals surface area contributed by atoms with E-state index in [1.807, 2.05) is 18.2 Å². The average Bonchev–Trinajstić information content (AvgIpc) is 2.67. The van der Waals surface area contributed by atoms with E-state index in [0.29, 0.717) is 21.7 Å². The summed E-state index contributed by atoms with van der Waals surface area (Å²) >= 11 is 5.87. The predicted molar refractivity (Wildman–Crippen MR) is 112 cm³/mol. The maximum Gasteiger partial charge on any atom is 0.329 e. The van der Waals surface area contributed by atoms with Gasteiger partial charge in [-0.15, -0.1) is 0 Å². The van der Waals surface area contributed by atoms with Crippen LogP contribution < -0.4 is 10.9 Å². The minimum Gasteiger partial charge on any atom is -0.461 e. The zero-order chi connectivity index (χ0) is 21.0. The van der Waals surface area contributed by atoms with Gasteiger partial charge in [0.2, 0.25) is 5.56 Å². The molecule has 0 saturated carbocycles. The molecule has 1 unspecified atom stereocenters. The van der Waals surface area contributed by atoms with Gasteiger partial charge in [0.1, 0.15) is 6.04 Å². The summed E-state index contributed by atoms with van der Waals surface area (Å²) in [5, 5.41) is 4.03. The number of benzene rings is 2. The number of rotatable bonds is 6. The van der Waals surface area contributed by atoms with Crippen LogP contribution >= 0.6 is 11.6 Å². The summed E-state index contributed by atoms with van der Waals surface area (Å²) in [4.78, 5) is 40.1. The van der Waals surface area contributed by atoms with Gasteiger partial charge in [0.15, 0.2) is 0 Å². The number of fused-ring (bicyclic) bond motifs is 1. The molecule has 0 aliphatic carbocycles. The Balaban J connectivity index is 1.92. The highest BCUT2D eigenvalue weighted by molar-refractivity contribution is 6.30. The molecule has 2 N–H and O–H groups in total. The van der Waals surface area contributed by atoms with Crippen molar-refractivity contribution < 1.29 is 14.3 Å². The van der Waals surface area contributed by atoms with Crippen LogP contribution in [-0.4, -0.2) is 29.0 Å². The van der Waals surface area contributed by atoms with Gasteiger partial charge in [0, 0.05) is 34.0 Å². The smallest absolute Gasteiger partial charge is 0.329 e. The van der Waals surface area contributed by atoms with Crippen LogP contribution in [0.15, 0.2) is 59.4 Å². The molecule has 1 atom stereocenters. The number of esters is 1. The van der Waals surface area contributed by atoms with Crippen molar-refractivity contribution in [1.29, 1.82) is 0 Å². The molecule has 0 saturated heterocycles. The fourth-order valence-electron chi connectivity index (χ4n) is 3.02. The number of amides is 1. The Hall–Kier alpha value is -3.12. The van der Waals surface area contributed by atoms with Crippen LogP contribution in [0.4, 0.5) is 0 Å². The zero-order valence-corrected chi connectivity index (χ0v) is 16.8. The summed E-state index contributed by atoms with van der Waals surface area (Å²) in [6.45, 7) is 3.47. The van der Waals surface area contributed by atoms with Gasteiger partial charge >= 0.3 is 5.97 Å². The second-order valence-electron chi connectivity index (χ2n) is 6.93. The number of pyridine rings is 1. The Labute approximate surface area is 172 Å². The van der Waals surface area contributed by atoms with E-state index in [9.17, 15) is 14.4 Å². The second kappa shape index (κ2) is 8.92. The van der Waals surface area contributed by atoms with E-state index in [1.54, 1.807) is 44.2 Å². The molecule has 1 amide bonds. The highest BCUT2D eigenvalue weighted by atomic mass is 35.5. The highest BCUT2D eigenvalue weighted by Gasteiger charge is 2.25. The van der Waals surface area contributed by atoms with Gasteiger partial charge in [-0.3, -0.25) is 9.59 Å². The van der Waals surface area contributed by atoms with Crippen molar-refractivity contribution in [3.63, 3.8) is 0 Å². The third-order valence-corrected chi connectivity index (χ3v) is 4.56. The van der Waals surface area contributed by atoms with Crippen LogP contribution in [0.5, 0.6) is 0 Å².